The van der Waals surface area contributed by atoms with Crippen LogP contribution in [0.15, 0.2) is 0 Å². The van der Waals surface area contributed by atoms with Gasteiger partial charge in [0.05, 0.1) is 11.6 Å². The number of likely N-dealkylation sites (tertiary alicyclic amines) is 1. The van der Waals surface area contributed by atoms with Gasteiger partial charge in [0.25, 0.3) is 0 Å². The standard InChI is InChI=1S/C14H26N2O2/c1-4-14(7-5-8-15-14)13(17)16-9-6-11(2)12(10-16)18-3/h11-12,15H,4-10H2,1-3H3. The Labute approximate surface area is 110 Å². The Bertz CT molecular complexity index is 300. The lowest BCUT2D eigenvalue weighted by Gasteiger charge is -2.40. The van der Waals surface area contributed by atoms with Crippen molar-refractivity contribution in [3.8, 4) is 0 Å². The number of piperidine rings is 1. The summed E-state index contributed by atoms with van der Waals surface area (Å²) >= 11 is 0. The average Bonchev–Trinajstić information content (AvgIpc) is 2.88. The zero-order chi connectivity index (χ0) is 13.2. The predicted molar refractivity (Wildman–Crippen MR) is 71.4 cm³/mol. The van der Waals surface area contributed by atoms with Gasteiger partial charge in [0.2, 0.25) is 5.91 Å². The Morgan fingerprint density at radius 2 is 2.33 bits per heavy atom. The monoisotopic (exact) mass is 254 g/mol. The molecule has 1 N–H and O–H groups in total. The summed E-state index contributed by atoms with van der Waals surface area (Å²) < 4.78 is 5.50. The van der Waals surface area contributed by atoms with Gasteiger partial charge in [-0.3, -0.25) is 4.79 Å². The quantitative estimate of drug-likeness (QED) is 0.828. The molecule has 3 atom stereocenters. The number of methoxy groups -OCH3 is 1. The third kappa shape index (κ3) is 2.41. The third-order valence-corrected chi connectivity index (χ3v) is 4.74. The van der Waals surface area contributed by atoms with Crippen LogP contribution in [0.4, 0.5) is 0 Å². The minimum atomic E-state index is -0.293. The molecule has 18 heavy (non-hydrogen) atoms. The van der Waals surface area contributed by atoms with E-state index in [1.807, 2.05) is 4.90 Å². The van der Waals surface area contributed by atoms with Crippen LogP contribution >= 0.6 is 0 Å². The smallest absolute Gasteiger partial charge is 0.242 e. The fourth-order valence-electron chi connectivity index (χ4n) is 3.27. The van der Waals surface area contributed by atoms with Crippen molar-refractivity contribution in [2.45, 2.75) is 51.2 Å². The normalized spacial score (nSPS) is 36.9. The SMILES string of the molecule is CCC1(C(=O)N2CCC(C)C(OC)C2)CCCN1. The molecule has 4 heteroatoms. The van der Waals surface area contributed by atoms with Gasteiger partial charge < -0.3 is 15.0 Å². The molecule has 0 aromatic rings. The van der Waals surface area contributed by atoms with Gasteiger partial charge in [0, 0.05) is 20.2 Å². The highest BCUT2D eigenvalue weighted by molar-refractivity contribution is 5.86. The van der Waals surface area contributed by atoms with Crippen molar-refractivity contribution >= 4 is 5.91 Å². The molecular formula is C14H26N2O2. The minimum absolute atomic E-state index is 0.193. The minimum Gasteiger partial charge on any atom is -0.379 e. The van der Waals surface area contributed by atoms with Gasteiger partial charge in [-0.05, 0) is 38.1 Å². The third-order valence-electron chi connectivity index (χ3n) is 4.74. The molecule has 2 aliphatic rings. The van der Waals surface area contributed by atoms with Crippen LogP contribution in [0.3, 0.4) is 0 Å². The molecule has 2 saturated heterocycles. The molecule has 0 spiro atoms. The highest BCUT2D eigenvalue weighted by atomic mass is 16.5. The molecule has 104 valence electrons. The van der Waals surface area contributed by atoms with Crippen molar-refractivity contribution in [3.63, 3.8) is 0 Å². The van der Waals surface area contributed by atoms with Crippen molar-refractivity contribution in [2.24, 2.45) is 5.92 Å². The molecular weight excluding hydrogens is 228 g/mol. The van der Waals surface area contributed by atoms with Gasteiger partial charge >= 0.3 is 0 Å². The van der Waals surface area contributed by atoms with E-state index >= 15 is 0 Å². The maximum Gasteiger partial charge on any atom is 0.242 e. The van der Waals surface area contributed by atoms with E-state index in [1.54, 1.807) is 7.11 Å². The molecule has 0 bridgehead atoms. The lowest BCUT2D eigenvalue weighted by molar-refractivity contribution is -0.143. The van der Waals surface area contributed by atoms with Gasteiger partial charge in [-0.25, -0.2) is 0 Å². The Hall–Kier alpha value is -0.610. The molecule has 2 rings (SSSR count). The Kier molecular flexibility index (Phi) is 4.28. The van der Waals surface area contributed by atoms with Crippen molar-refractivity contribution in [1.29, 1.82) is 0 Å². The molecule has 0 radical (unpaired) electrons. The number of amides is 1. The van der Waals surface area contributed by atoms with E-state index in [9.17, 15) is 4.79 Å². The second kappa shape index (κ2) is 5.57. The summed E-state index contributed by atoms with van der Waals surface area (Å²) in [6.07, 6.45) is 4.21. The number of carbonyl (C=O) groups excluding carboxylic acids is 1. The molecule has 0 aliphatic carbocycles. The van der Waals surface area contributed by atoms with Crippen LogP contribution in [0, 0.1) is 5.92 Å². The van der Waals surface area contributed by atoms with Crippen LogP contribution in [0.5, 0.6) is 0 Å². The molecule has 0 aromatic carbocycles. The van der Waals surface area contributed by atoms with Crippen LogP contribution < -0.4 is 5.32 Å². The van der Waals surface area contributed by atoms with Gasteiger partial charge in [0.1, 0.15) is 0 Å². The van der Waals surface area contributed by atoms with E-state index < -0.39 is 0 Å². The summed E-state index contributed by atoms with van der Waals surface area (Å²) in [6, 6.07) is 0. The van der Waals surface area contributed by atoms with Gasteiger partial charge in [-0.2, -0.15) is 0 Å². The van der Waals surface area contributed by atoms with Crippen molar-refractivity contribution < 1.29 is 9.53 Å². The summed E-state index contributed by atoms with van der Waals surface area (Å²) in [7, 11) is 1.75. The molecule has 2 aliphatic heterocycles. The van der Waals surface area contributed by atoms with E-state index in [0.29, 0.717) is 5.92 Å². The number of ether oxygens (including phenoxy) is 1. The van der Waals surface area contributed by atoms with Crippen LogP contribution in [0.1, 0.15) is 39.5 Å². The van der Waals surface area contributed by atoms with E-state index in [1.165, 1.54) is 0 Å². The number of nitrogens with one attached hydrogen (secondary N) is 1. The van der Waals surface area contributed by atoms with E-state index in [-0.39, 0.29) is 17.6 Å². The van der Waals surface area contributed by atoms with Crippen LogP contribution in [-0.2, 0) is 9.53 Å². The highest BCUT2D eigenvalue weighted by Gasteiger charge is 2.43. The van der Waals surface area contributed by atoms with Gasteiger partial charge in [-0.15, -0.1) is 0 Å². The number of hydrogen-bond acceptors (Lipinski definition) is 3. The second-order valence-corrected chi connectivity index (χ2v) is 5.76. The van der Waals surface area contributed by atoms with Crippen molar-refractivity contribution in [2.75, 3.05) is 26.7 Å². The fraction of sp³-hybridized carbons (Fsp3) is 0.929. The summed E-state index contributed by atoms with van der Waals surface area (Å²) in [6.45, 7) is 6.91. The molecule has 3 unspecified atom stereocenters. The van der Waals surface area contributed by atoms with Crippen molar-refractivity contribution in [3.05, 3.63) is 0 Å². The number of nitrogens with zero attached hydrogens (tertiary/aromatic N) is 1. The van der Waals surface area contributed by atoms with E-state index in [0.717, 1.165) is 45.3 Å². The Balaban J connectivity index is 2.04. The molecule has 2 fully saturated rings. The first-order valence-corrected chi connectivity index (χ1v) is 7.20. The molecule has 0 aromatic heterocycles. The maximum atomic E-state index is 12.7. The lowest BCUT2D eigenvalue weighted by atomic mass is 9.89. The predicted octanol–water partition coefficient (Wildman–Crippen LogP) is 1.40. The average molecular weight is 254 g/mol. The highest BCUT2D eigenvalue weighted by Crippen LogP contribution is 2.28. The first-order valence-electron chi connectivity index (χ1n) is 7.20. The van der Waals surface area contributed by atoms with Crippen LogP contribution in [-0.4, -0.2) is 49.2 Å². The number of hydrogen-bond donors (Lipinski definition) is 1. The largest absolute Gasteiger partial charge is 0.379 e. The first-order chi connectivity index (χ1) is 8.63. The number of carbonyl (C=O) groups is 1. The maximum absolute atomic E-state index is 12.7. The summed E-state index contributed by atoms with van der Waals surface area (Å²) in [4.78, 5) is 14.7. The Morgan fingerprint density at radius 1 is 1.56 bits per heavy atom. The lowest BCUT2D eigenvalue weighted by Crippen LogP contribution is -2.58. The summed E-state index contributed by atoms with van der Waals surface area (Å²) in [5.41, 5.74) is -0.293. The van der Waals surface area contributed by atoms with Crippen molar-refractivity contribution in [1.82, 2.24) is 10.2 Å². The molecule has 2 heterocycles. The van der Waals surface area contributed by atoms with Crippen LogP contribution in [0.25, 0.3) is 0 Å². The van der Waals surface area contributed by atoms with Crippen LogP contribution in [0.2, 0.25) is 0 Å². The topological polar surface area (TPSA) is 41.6 Å². The second-order valence-electron chi connectivity index (χ2n) is 5.76. The zero-order valence-corrected chi connectivity index (χ0v) is 11.9. The molecule has 4 nitrogen and oxygen atoms in total. The Morgan fingerprint density at radius 3 is 2.89 bits per heavy atom. The number of rotatable bonds is 3. The molecule has 0 saturated carbocycles. The van der Waals surface area contributed by atoms with Gasteiger partial charge in [-0.1, -0.05) is 13.8 Å². The zero-order valence-electron chi connectivity index (χ0n) is 11.9. The fourth-order valence-corrected chi connectivity index (χ4v) is 3.27. The molecule has 1 amide bonds. The summed E-state index contributed by atoms with van der Waals surface area (Å²) in [5.74, 6) is 0.838. The first kappa shape index (κ1) is 13.8. The van der Waals surface area contributed by atoms with Gasteiger partial charge in [0.15, 0.2) is 0 Å². The summed E-state index contributed by atoms with van der Waals surface area (Å²) in [5, 5.41) is 3.43. The van der Waals surface area contributed by atoms with E-state index in [2.05, 4.69) is 19.2 Å². The van der Waals surface area contributed by atoms with E-state index in [4.69, 9.17) is 4.74 Å².